The van der Waals surface area contributed by atoms with Crippen molar-refractivity contribution in [3.63, 3.8) is 0 Å². The minimum Gasteiger partial charge on any atom is -0.448 e. The molecule has 0 aliphatic carbocycles. The van der Waals surface area contributed by atoms with Crippen LogP contribution in [0.25, 0.3) is 0 Å². The summed E-state index contributed by atoms with van der Waals surface area (Å²) in [4.78, 5) is 0. The van der Waals surface area contributed by atoms with Gasteiger partial charge in [-0.1, -0.05) is 38.7 Å². The minimum absolute atomic E-state index is 0.522. The van der Waals surface area contributed by atoms with Crippen molar-refractivity contribution in [1.82, 2.24) is 0 Å². The number of hydrogen-bond donors (Lipinski definition) is 0. The van der Waals surface area contributed by atoms with Crippen molar-refractivity contribution in [2.24, 2.45) is 5.92 Å². The van der Waals surface area contributed by atoms with Crippen LogP contribution in [-0.4, -0.2) is 32.2 Å². The maximum atomic E-state index is 5.55. The highest BCUT2D eigenvalue weighted by atomic mass is 28.3. The fourth-order valence-electron chi connectivity index (χ4n) is 2.26. The molecule has 1 unspecified atom stereocenters. The van der Waals surface area contributed by atoms with Gasteiger partial charge in [0.2, 0.25) is 0 Å². The van der Waals surface area contributed by atoms with Gasteiger partial charge < -0.3 is 4.74 Å². The van der Waals surface area contributed by atoms with E-state index in [9.17, 15) is 0 Å². The molecule has 0 aromatic rings. The van der Waals surface area contributed by atoms with E-state index >= 15 is 0 Å². The maximum absolute atomic E-state index is 5.55. The van der Waals surface area contributed by atoms with E-state index in [0.29, 0.717) is 5.92 Å². The molecule has 0 spiro atoms. The lowest BCUT2D eigenvalue weighted by Gasteiger charge is -2.23. The summed E-state index contributed by atoms with van der Waals surface area (Å²) < 4.78 is 7.76. The Kier molecular flexibility index (Phi) is 4.75. The first-order valence-corrected chi connectivity index (χ1v) is 9.98. The minimum atomic E-state index is -1.28. The molecular weight excluding hydrogens is 226 g/mol. The van der Waals surface area contributed by atoms with E-state index in [1.807, 2.05) is 0 Å². The first kappa shape index (κ1) is 14.2. The molecule has 1 aliphatic rings. The van der Waals surface area contributed by atoms with Crippen molar-refractivity contribution in [2.75, 3.05) is 13.7 Å². The Labute approximate surface area is 107 Å². The normalized spacial score (nSPS) is 21.3. The highest BCUT2D eigenvalue weighted by Crippen LogP contribution is 2.25. The van der Waals surface area contributed by atoms with Gasteiger partial charge in [-0.3, -0.25) is 0 Å². The number of allylic oxidation sites excluding steroid dienone is 2. The van der Waals surface area contributed by atoms with Gasteiger partial charge in [0.1, 0.15) is 0 Å². The van der Waals surface area contributed by atoms with Crippen LogP contribution in [0.4, 0.5) is 0 Å². The summed E-state index contributed by atoms with van der Waals surface area (Å²) in [6.45, 7) is 12.7. The summed E-state index contributed by atoms with van der Waals surface area (Å²) in [5.74, 6) is 1.51. The van der Waals surface area contributed by atoms with Crippen LogP contribution in [0.1, 0.15) is 20.3 Å². The molecule has 0 N–H and O–H groups in total. The van der Waals surface area contributed by atoms with Gasteiger partial charge in [-0.25, -0.2) is 0 Å². The molecule has 1 aliphatic heterocycles. The van der Waals surface area contributed by atoms with Crippen LogP contribution in [0.3, 0.4) is 0 Å². The van der Waals surface area contributed by atoms with E-state index in [2.05, 4.69) is 56.4 Å². The third-order valence-corrected chi connectivity index (χ3v) is 5.48. The number of methoxy groups -OCH3 is 1. The quantitative estimate of drug-likeness (QED) is 0.554. The van der Waals surface area contributed by atoms with Crippen molar-refractivity contribution in [3.8, 4) is 0 Å². The van der Waals surface area contributed by atoms with Crippen LogP contribution in [0.5, 0.6) is 0 Å². The van der Waals surface area contributed by atoms with Crippen LogP contribution in [0.15, 0.2) is 23.5 Å². The monoisotopic (exact) mass is 252 g/mol. The second-order valence-electron chi connectivity index (χ2n) is 5.72. The first-order valence-electron chi connectivity index (χ1n) is 6.48. The molecule has 2 nitrogen and oxygen atoms in total. The van der Waals surface area contributed by atoms with Crippen molar-refractivity contribution >= 4 is 14.0 Å². The second kappa shape index (κ2) is 5.67. The average Bonchev–Trinajstić information content (AvgIpc) is 2.39. The van der Waals surface area contributed by atoms with E-state index in [0.717, 1.165) is 18.9 Å². The molecule has 0 fully saturated rings. The zero-order valence-corrected chi connectivity index (χ0v) is 13.1. The van der Waals surface area contributed by atoms with Crippen LogP contribution in [0.2, 0.25) is 19.6 Å². The number of hydrogen-bond acceptors (Lipinski definition) is 1. The molecule has 0 saturated heterocycles. The molecule has 1 heterocycles. The molecule has 17 heavy (non-hydrogen) atoms. The molecule has 1 rings (SSSR count). The van der Waals surface area contributed by atoms with E-state index in [-0.39, 0.29) is 0 Å². The topological polar surface area (TPSA) is 12.2 Å². The van der Waals surface area contributed by atoms with Crippen LogP contribution < -0.4 is 0 Å². The third kappa shape index (κ3) is 3.56. The van der Waals surface area contributed by atoms with E-state index in [1.165, 1.54) is 0 Å². The zero-order valence-electron chi connectivity index (χ0n) is 12.1. The summed E-state index contributed by atoms with van der Waals surface area (Å²) in [6.07, 6.45) is 7.87. The van der Waals surface area contributed by atoms with Crippen molar-refractivity contribution < 1.29 is 9.31 Å². The van der Waals surface area contributed by atoms with E-state index < -0.39 is 8.07 Å². The Hall–Kier alpha value is -0.833. The predicted octanol–water partition coefficient (Wildman–Crippen LogP) is 3.42. The number of nitrogens with zero attached hydrogens (tertiary/aromatic N) is 1. The van der Waals surface area contributed by atoms with Gasteiger partial charge in [0, 0.05) is 12.5 Å². The van der Waals surface area contributed by atoms with Gasteiger partial charge >= 0.3 is 5.90 Å². The average molecular weight is 252 g/mol. The summed E-state index contributed by atoms with van der Waals surface area (Å²) in [6, 6.07) is 0. The fraction of sp³-hybridized carbons (Fsp3) is 0.643. The lowest BCUT2D eigenvalue weighted by molar-refractivity contribution is -0.465. The zero-order chi connectivity index (χ0) is 13.1. The fourth-order valence-corrected chi connectivity index (χ4v) is 4.28. The summed E-state index contributed by atoms with van der Waals surface area (Å²) in [7, 11) is 0.484. The molecule has 0 radical (unpaired) electrons. The Bertz CT molecular complexity index is 361. The molecule has 96 valence electrons. The molecule has 0 aromatic carbocycles. The highest BCUT2D eigenvalue weighted by Gasteiger charge is 2.28. The Balaban J connectivity index is 3.20. The standard InChI is InChI=1S/C14H26NOSi/c1-7-9-15-10-8-12(2)13(17(4,5)6)11-14(15)16-3/h8,10-12H,7,9H2,1-6H3/q+1. The molecular formula is C14H26NOSi+. The maximum Gasteiger partial charge on any atom is 0.367 e. The lowest BCUT2D eigenvalue weighted by atomic mass is 10.1. The molecule has 3 heteroatoms. The largest absolute Gasteiger partial charge is 0.448 e. The van der Waals surface area contributed by atoms with Crippen molar-refractivity contribution in [1.29, 1.82) is 0 Å². The van der Waals surface area contributed by atoms with E-state index in [4.69, 9.17) is 4.74 Å². The Morgan fingerprint density at radius 3 is 2.47 bits per heavy atom. The van der Waals surface area contributed by atoms with Crippen LogP contribution >= 0.6 is 0 Å². The third-order valence-electron chi connectivity index (χ3n) is 3.15. The highest BCUT2D eigenvalue weighted by molar-refractivity contribution is 6.83. The Morgan fingerprint density at radius 1 is 1.35 bits per heavy atom. The number of ether oxygens (including phenoxy) is 1. The Morgan fingerprint density at radius 2 is 2.00 bits per heavy atom. The smallest absolute Gasteiger partial charge is 0.367 e. The SMILES string of the molecule is CCC[N+]1=C(OC)C=C([Si](C)(C)C)C(C)C=C1. The van der Waals surface area contributed by atoms with Gasteiger partial charge in [-0.05, 0) is 12.0 Å². The summed E-state index contributed by atoms with van der Waals surface area (Å²) in [5, 5.41) is 1.56. The van der Waals surface area contributed by atoms with Crippen molar-refractivity contribution in [3.05, 3.63) is 23.5 Å². The summed E-state index contributed by atoms with van der Waals surface area (Å²) in [5.41, 5.74) is 0. The predicted molar refractivity (Wildman–Crippen MR) is 77.2 cm³/mol. The second-order valence-corrected chi connectivity index (χ2v) is 10.8. The molecule has 0 aromatic heterocycles. The van der Waals surface area contributed by atoms with Crippen molar-refractivity contribution in [2.45, 2.75) is 39.9 Å². The molecule has 0 saturated carbocycles. The summed E-state index contributed by atoms with van der Waals surface area (Å²) >= 11 is 0. The van der Waals surface area contributed by atoms with Gasteiger partial charge in [0.25, 0.3) is 0 Å². The van der Waals surface area contributed by atoms with Crippen LogP contribution in [0, 0.1) is 5.92 Å². The molecule has 0 bridgehead atoms. The van der Waals surface area contributed by atoms with Crippen LogP contribution in [-0.2, 0) is 4.74 Å². The van der Waals surface area contributed by atoms with E-state index in [1.54, 1.807) is 12.3 Å². The van der Waals surface area contributed by atoms with Gasteiger partial charge in [-0.2, -0.15) is 4.58 Å². The lowest BCUT2D eigenvalue weighted by Crippen LogP contribution is -2.28. The van der Waals surface area contributed by atoms with Gasteiger partial charge in [-0.15, -0.1) is 0 Å². The number of rotatable bonds is 3. The van der Waals surface area contributed by atoms with Gasteiger partial charge in [0.05, 0.1) is 15.2 Å². The first-order chi connectivity index (χ1) is 7.90. The van der Waals surface area contributed by atoms with Gasteiger partial charge in [0.15, 0.2) is 12.7 Å². The molecule has 1 atom stereocenters. The molecule has 0 amide bonds.